The van der Waals surface area contributed by atoms with Gasteiger partial charge in [0.15, 0.2) is 0 Å². The van der Waals surface area contributed by atoms with Gasteiger partial charge in [-0.2, -0.15) is 0 Å². The minimum atomic E-state index is 0.378. The van der Waals surface area contributed by atoms with Gasteiger partial charge in [-0.3, -0.25) is 0 Å². The summed E-state index contributed by atoms with van der Waals surface area (Å²) in [5, 5.41) is 10.8. The Hall–Kier alpha value is -1.88. The highest BCUT2D eigenvalue weighted by atomic mass is 16.6. The molecule has 2 rings (SSSR count). The summed E-state index contributed by atoms with van der Waals surface area (Å²) in [6.07, 6.45) is 1.15. The molecule has 0 aliphatic heterocycles. The molecule has 0 aliphatic rings. The summed E-state index contributed by atoms with van der Waals surface area (Å²) in [5.74, 6) is 0.821. The molecule has 0 atom stereocenters. The standard InChI is InChI=1S/C14H19N3O2/c1-3-8-15-9-12-4-6-13(7-5-12)18-10-14-11(2)16-19-17-14/h4-7,15H,3,8-10H2,1-2H3. The van der Waals surface area contributed by atoms with Gasteiger partial charge in [0.2, 0.25) is 0 Å². The molecule has 0 unspecified atom stereocenters. The van der Waals surface area contributed by atoms with Crippen LogP contribution < -0.4 is 10.1 Å². The van der Waals surface area contributed by atoms with Crippen LogP contribution in [0.1, 0.15) is 30.3 Å². The maximum absolute atomic E-state index is 5.63. The van der Waals surface area contributed by atoms with Crippen molar-refractivity contribution in [3.8, 4) is 5.75 Å². The summed E-state index contributed by atoms with van der Waals surface area (Å²) in [5.41, 5.74) is 2.74. The fourth-order valence-corrected chi connectivity index (χ4v) is 1.65. The van der Waals surface area contributed by atoms with Crippen molar-refractivity contribution in [3.63, 3.8) is 0 Å². The summed E-state index contributed by atoms with van der Waals surface area (Å²) >= 11 is 0. The zero-order valence-electron chi connectivity index (χ0n) is 11.3. The van der Waals surface area contributed by atoms with Gasteiger partial charge in [-0.15, -0.1) is 0 Å². The monoisotopic (exact) mass is 261 g/mol. The Kier molecular flexibility index (Phi) is 4.92. The van der Waals surface area contributed by atoms with E-state index in [0.29, 0.717) is 6.61 Å². The summed E-state index contributed by atoms with van der Waals surface area (Å²) in [4.78, 5) is 0. The zero-order chi connectivity index (χ0) is 13.5. The predicted molar refractivity (Wildman–Crippen MR) is 71.8 cm³/mol. The van der Waals surface area contributed by atoms with E-state index in [1.54, 1.807) is 0 Å². The summed E-state index contributed by atoms with van der Waals surface area (Å²) in [7, 11) is 0. The maximum atomic E-state index is 5.63. The topological polar surface area (TPSA) is 60.2 Å². The first kappa shape index (κ1) is 13.5. The molecule has 0 fully saturated rings. The smallest absolute Gasteiger partial charge is 0.145 e. The van der Waals surface area contributed by atoms with E-state index < -0.39 is 0 Å². The van der Waals surface area contributed by atoms with Crippen LogP contribution in [0, 0.1) is 6.92 Å². The third-order valence-corrected chi connectivity index (χ3v) is 2.80. The number of ether oxygens (including phenoxy) is 1. The fourth-order valence-electron chi connectivity index (χ4n) is 1.65. The number of hydrogen-bond donors (Lipinski definition) is 1. The van der Waals surface area contributed by atoms with E-state index in [1.807, 2.05) is 19.1 Å². The predicted octanol–water partition coefficient (Wildman–Crippen LogP) is 2.46. The number of nitrogens with zero attached hydrogens (tertiary/aromatic N) is 2. The molecular weight excluding hydrogens is 242 g/mol. The number of aromatic nitrogens is 2. The van der Waals surface area contributed by atoms with Crippen LogP contribution in [-0.2, 0) is 13.2 Å². The number of nitrogens with one attached hydrogen (secondary N) is 1. The van der Waals surface area contributed by atoms with E-state index in [9.17, 15) is 0 Å². The second-order valence-corrected chi connectivity index (χ2v) is 4.41. The molecule has 5 nitrogen and oxygen atoms in total. The van der Waals surface area contributed by atoms with Crippen molar-refractivity contribution < 1.29 is 9.37 Å². The summed E-state index contributed by atoms with van der Waals surface area (Å²) < 4.78 is 10.2. The number of benzene rings is 1. The van der Waals surface area contributed by atoms with Gasteiger partial charge in [0, 0.05) is 6.54 Å². The lowest BCUT2D eigenvalue weighted by Crippen LogP contribution is -2.13. The molecule has 1 N–H and O–H groups in total. The molecule has 5 heteroatoms. The van der Waals surface area contributed by atoms with Crippen LogP contribution in [0.3, 0.4) is 0 Å². The van der Waals surface area contributed by atoms with Crippen molar-refractivity contribution in [1.82, 2.24) is 15.6 Å². The number of hydrogen-bond acceptors (Lipinski definition) is 5. The van der Waals surface area contributed by atoms with Crippen molar-refractivity contribution in [2.45, 2.75) is 33.4 Å². The molecule has 0 bridgehead atoms. The second kappa shape index (κ2) is 6.89. The van der Waals surface area contributed by atoms with Gasteiger partial charge in [-0.05, 0) is 37.6 Å². The first-order chi connectivity index (χ1) is 9.29. The Balaban J connectivity index is 1.83. The van der Waals surface area contributed by atoms with Gasteiger partial charge in [0.25, 0.3) is 0 Å². The van der Waals surface area contributed by atoms with Crippen molar-refractivity contribution in [3.05, 3.63) is 41.2 Å². The normalized spacial score (nSPS) is 10.6. The SMILES string of the molecule is CCCNCc1ccc(OCc2nonc2C)cc1. The van der Waals surface area contributed by atoms with Crippen LogP contribution >= 0.6 is 0 Å². The van der Waals surface area contributed by atoms with Crippen LogP contribution in [0.15, 0.2) is 28.9 Å². The van der Waals surface area contributed by atoms with Crippen LogP contribution in [0.5, 0.6) is 5.75 Å². The Morgan fingerprint density at radius 3 is 2.63 bits per heavy atom. The third kappa shape index (κ3) is 4.06. The molecule has 0 amide bonds. The molecule has 0 saturated carbocycles. The van der Waals surface area contributed by atoms with E-state index in [2.05, 4.69) is 39.3 Å². The number of rotatable bonds is 7. The minimum absolute atomic E-state index is 0.378. The molecule has 0 spiro atoms. The lowest BCUT2D eigenvalue weighted by molar-refractivity contribution is 0.270. The average Bonchev–Trinajstić information content (AvgIpc) is 2.84. The van der Waals surface area contributed by atoms with Crippen LogP contribution in [-0.4, -0.2) is 16.9 Å². The van der Waals surface area contributed by atoms with E-state index >= 15 is 0 Å². The van der Waals surface area contributed by atoms with Gasteiger partial charge in [0.05, 0.1) is 0 Å². The van der Waals surface area contributed by atoms with Crippen molar-refractivity contribution in [2.24, 2.45) is 0 Å². The van der Waals surface area contributed by atoms with E-state index in [0.717, 1.165) is 36.6 Å². The largest absolute Gasteiger partial charge is 0.487 e. The van der Waals surface area contributed by atoms with Crippen LogP contribution in [0.2, 0.25) is 0 Å². The molecule has 1 heterocycles. The highest BCUT2D eigenvalue weighted by Gasteiger charge is 2.05. The molecule has 0 aliphatic carbocycles. The number of aryl methyl sites for hydroxylation is 1. The highest BCUT2D eigenvalue weighted by Crippen LogP contribution is 2.14. The molecule has 0 saturated heterocycles. The van der Waals surface area contributed by atoms with Crippen LogP contribution in [0.25, 0.3) is 0 Å². The lowest BCUT2D eigenvalue weighted by Gasteiger charge is -2.06. The third-order valence-electron chi connectivity index (χ3n) is 2.80. The average molecular weight is 261 g/mol. The first-order valence-corrected chi connectivity index (χ1v) is 6.50. The van der Waals surface area contributed by atoms with Gasteiger partial charge in [0.1, 0.15) is 23.7 Å². The molecule has 2 aromatic rings. The Morgan fingerprint density at radius 2 is 2.00 bits per heavy atom. The van der Waals surface area contributed by atoms with Gasteiger partial charge >= 0.3 is 0 Å². The fraction of sp³-hybridized carbons (Fsp3) is 0.429. The van der Waals surface area contributed by atoms with E-state index in [1.165, 1.54) is 5.56 Å². The summed E-state index contributed by atoms with van der Waals surface area (Å²) in [6, 6.07) is 8.05. The lowest BCUT2D eigenvalue weighted by atomic mass is 10.2. The van der Waals surface area contributed by atoms with Crippen molar-refractivity contribution >= 4 is 0 Å². The Labute approximate surface area is 112 Å². The first-order valence-electron chi connectivity index (χ1n) is 6.50. The van der Waals surface area contributed by atoms with Gasteiger partial charge in [-0.1, -0.05) is 29.4 Å². The van der Waals surface area contributed by atoms with E-state index in [4.69, 9.17) is 4.74 Å². The molecule has 19 heavy (non-hydrogen) atoms. The van der Waals surface area contributed by atoms with E-state index in [-0.39, 0.29) is 0 Å². The van der Waals surface area contributed by atoms with Crippen LogP contribution in [0.4, 0.5) is 0 Å². The quantitative estimate of drug-likeness (QED) is 0.776. The Morgan fingerprint density at radius 1 is 1.21 bits per heavy atom. The molecule has 0 radical (unpaired) electrons. The zero-order valence-corrected chi connectivity index (χ0v) is 11.3. The molecule has 102 valence electrons. The Bertz CT molecular complexity index is 494. The molecular formula is C14H19N3O2. The summed E-state index contributed by atoms with van der Waals surface area (Å²) in [6.45, 7) is 6.31. The van der Waals surface area contributed by atoms with Gasteiger partial charge in [-0.25, -0.2) is 4.63 Å². The molecule has 1 aromatic carbocycles. The minimum Gasteiger partial charge on any atom is -0.487 e. The maximum Gasteiger partial charge on any atom is 0.145 e. The highest BCUT2D eigenvalue weighted by molar-refractivity contribution is 5.27. The van der Waals surface area contributed by atoms with Crippen molar-refractivity contribution in [1.29, 1.82) is 0 Å². The molecule has 1 aromatic heterocycles. The van der Waals surface area contributed by atoms with Crippen molar-refractivity contribution in [2.75, 3.05) is 6.54 Å². The van der Waals surface area contributed by atoms with Gasteiger partial charge < -0.3 is 10.1 Å². The second-order valence-electron chi connectivity index (χ2n) is 4.41.